The fourth-order valence-corrected chi connectivity index (χ4v) is 2.86. The largest absolute Gasteiger partial charge is 0.493 e. The summed E-state index contributed by atoms with van der Waals surface area (Å²) in [5.41, 5.74) is 1.29. The summed E-state index contributed by atoms with van der Waals surface area (Å²) >= 11 is 1.62. The molecule has 0 atom stereocenters. The van der Waals surface area contributed by atoms with Gasteiger partial charge in [-0.25, -0.2) is 0 Å². The van der Waals surface area contributed by atoms with Crippen molar-refractivity contribution in [3.05, 3.63) is 65.4 Å². The Labute approximate surface area is 181 Å². The topological polar surface area (TPSA) is 87.7 Å². The quantitative estimate of drug-likeness (QED) is 0.399. The lowest BCUT2D eigenvalue weighted by atomic mass is 10.1. The molecule has 2 rings (SSSR count). The van der Waals surface area contributed by atoms with Gasteiger partial charge < -0.3 is 20.5 Å². The molecule has 0 aliphatic rings. The number of carbonyl (C=O) groups is 2. The average Bonchev–Trinajstić information content (AvgIpc) is 2.76. The summed E-state index contributed by atoms with van der Waals surface area (Å²) < 4.78 is 5.63. The van der Waals surface area contributed by atoms with Crippen LogP contribution in [0.15, 0.2) is 59.1 Å². The predicted molar refractivity (Wildman–Crippen MR) is 121 cm³/mol. The molecular formula is C23H28N2O4S. The maximum absolute atomic E-state index is 12.7. The molecule has 30 heavy (non-hydrogen) atoms. The molecule has 3 N–H and O–H groups in total. The summed E-state index contributed by atoms with van der Waals surface area (Å²) in [4.78, 5) is 26.2. The number of hydrogen-bond acceptors (Lipinski definition) is 5. The van der Waals surface area contributed by atoms with Gasteiger partial charge in [0.25, 0.3) is 11.8 Å². The molecular weight excluding hydrogens is 400 g/mol. The molecule has 7 heteroatoms. The van der Waals surface area contributed by atoms with Crippen molar-refractivity contribution in [3.8, 4) is 5.75 Å². The van der Waals surface area contributed by atoms with E-state index in [-0.39, 0.29) is 18.8 Å². The van der Waals surface area contributed by atoms with Crippen molar-refractivity contribution in [2.45, 2.75) is 18.7 Å². The monoisotopic (exact) mass is 428 g/mol. The lowest BCUT2D eigenvalue weighted by molar-refractivity contribution is -0.117. The lowest BCUT2D eigenvalue weighted by Gasteiger charge is -2.12. The van der Waals surface area contributed by atoms with Gasteiger partial charge in [0.2, 0.25) is 0 Å². The standard InChI is InChI=1S/C23H28N2O4S/c1-16(2)15-29-19-8-6-18(7-9-19)22(27)25-21(23(28)24-12-13-26)14-17-4-10-20(30-3)11-5-17/h4-11,14,16,26H,12-13,15H2,1-3H3,(H,24,28)(H,25,27)/b21-14+. The Balaban J connectivity index is 2.16. The highest BCUT2D eigenvalue weighted by Gasteiger charge is 2.14. The Hall–Kier alpha value is -2.77. The second-order valence-corrected chi connectivity index (χ2v) is 7.87. The Morgan fingerprint density at radius 2 is 1.77 bits per heavy atom. The Morgan fingerprint density at radius 3 is 2.33 bits per heavy atom. The van der Waals surface area contributed by atoms with Crippen LogP contribution in [0.3, 0.4) is 0 Å². The molecule has 2 aromatic carbocycles. The Kier molecular flexibility index (Phi) is 9.44. The Morgan fingerprint density at radius 1 is 1.10 bits per heavy atom. The highest BCUT2D eigenvalue weighted by Crippen LogP contribution is 2.17. The van der Waals surface area contributed by atoms with Crippen LogP contribution in [-0.4, -0.2) is 42.9 Å². The summed E-state index contributed by atoms with van der Waals surface area (Å²) in [6.45, 7) is 4.63. The van der Waals surface area contributed by atoms with Crippen molar-refractivity contribution in [2.24, 2.45) is 5.92 Å². The van der Waals surface area contributed by atoms with E-state index in [4.69, 9.17) is 9.84 Å². The number of aliphatic hydroxyl groups excluding tert-OH is 1. The second kappa shape index (κ2) is 12.0. The molecule has 160 valence electrons. The molecule has 0 saturated carbocycles. The van der Waals surface area contributed by atoms with Gasteiger partial charge in [0.1, 0.15) is 11.4 Å². The minimum absolute atomic E-state index is 0.0966. The van der Waals surface area contributed by atoms with Gasteiger partial charge in [-0.3, -0.25) is 9.59 Å². The molecule has 0 unspecified atom stereocenters. The second-order valence-electron chi connectivity index (χ2n) is 6.99. The number of amides is 2. The Bertz CT molecular complexity index is 862. The van der Waals surface area contributed by atoms with Crippen molar-refractivity contribution in [2.75, 3.05) is 26.0 Å². The number of rotatable bonds is 10. The van der Waals surface area contributed by atoms with E-state index in [2.05, 4.69) is 24.5 Å². The van der Waals surface area contributed by atoms with E-state index in [1.54, 1.807) is 42.1 Å². The molecule has 2 amide bonds. The molecule has 2 aromatic rings. The molecule has 0 spiro atoms. The van der Waals surface area contributed by atoms with E-state index in [1.165, 1.54) is 0 Å². The highest BCUT2D eigenvalue weighted by molar-refractivity contribution is 7.98. The summed E-state index contributed by atoms with van der Waals surface area (Å²) in [6.07, 6.45) is 3.59. The minimum atomic E-state index is -0.469. The van der Waals surface area contributed by atoms with E-state index < -0.39 is 11.8 Å². The summed E-state index contributed by atoms with van der Waals surface area (Å²) in [5.74, 6) is 0.216. The number of thioether (sulfide) groups is 1. The molecule has 6 nitrogen and oxygen atoms in total. The van der Waals surface area contributed by atoms with E-state index in [0.717, 1.165) is 10.5 Å². The van der Waals surface area contributed by atoms with Gasteiger partial charge in [-0.05, 0) is 60.2 Å². The van der Waals surface area contributed by atoms with Crippen LogP contribution in [0.25, 0.3) is 6.08 Å². The number of carbonyl (C=O) groups excluding carboxylic acids is 2. The van der Waals surface area contributed by atoms with Crippen LogP contribution in [0, 0.1) is 5.92 Å². The molecule has 0 saturated heterocycles. The van der Waals surface area contributed by atoms with Crippen LogP contribution >= 0.6 is 11.8 Å². The van der Waals surface area contributed by atoms with Crippen molar-refractivity contribution in [3.63, 3.8) is 0 Å². The lowest BCUT2D eigenvalue weighted by Crippen LogP contribution is -2.36. The van der Waals surface area contributed by atoms with E-state index in [0.29, 0.717) is 23.8 Å². The molecule has 0 bridgehead atoms. The molecule has 0 aliphatic carbocycles. The van der Waals surface area contributed by atoms with Gasteiger partial charge in [-0.15, -0.1) is 11.8 Å². The number of nitrogens with one attached hydrogen (secondary N) is 2. The SMILES string of the molecule is CSc1ccc(/C=C(/NC(=O)c2ccc(OCC(C)C)cc2)C(=O)NCCO)cc1. The van der Waals surface area contributed by atoms with Gasteiger partial charge in [0.05, 0.1) is 13.2 Å². The third-order valence-corrected chi connectivity index (χ3v) is 4.76. The van der Waals surface area contributed by atoms with Crippen molar-refractivity contribution >= 4 is 29.7 Å². The van der Waals surface area contributed by atoms with Crippen LogP contribution in [0.4, 0.5) is 0 Å². The highest BCUT2D eigenvalue weighted by atomic mass is 32.2. The van der Waals surface area contributed by atoms with Crippen molar-refractivity contribution in [1.82, 2.24) is 10.6 Å². The van der Waals surface area contributed by atoms with Crippen LogP contribution in [0.2, 0.25) is 0 Å². The number of aliphatic hydroxyl groups is 1. The fraction of sp³-hybridized carbons (Fsp3) is 0.304. The van der Waals surface area contributed by atoms with Crippen LogP contribution < -0.4 is 15.4 Å². The number of benzene rings is 2. The van der Waals surface area contributed by atoms with Gasteiger partial charge in [0, 0.05) is 17.0 Å². The van der Waals surface area contributed by atoms with Crippen LogP contribution in [0.5, 0.6) is 5.75 Å². The molecule has 0 aromatic heterocycles. The minimum Gasteiger partial charge on any atom is -0.493 e. The van der Waals surface area contributed by atoms with Crippen LogP contribution in [0.1, 0.15) is 29.8 Å². The van der Waals surface area contributed by atoms with Gasteiger partial charge in [-0.2, -0.15) is 0 Å². The first kappa shape index (κ1) is 23.5. The van der Waals surface area contributed by atoms with Crippen LogP contribution in [-0.2, 0) is 4.79 Å². The third-order valence-electron chi connectivity index (χ3n) is 4.02. The van der Waals surface area contributed by atoms with Crippen molar-refractivity contribution < 1.29 is 19.4 Å². The number of hydrogen-bond donors (Lipinski definition) is 3. The van der Waals surface area contributed by atoms with E-state index in [9.17, 15) is 9.59 Å². The van der Waals surface area contributed by atoms with Crippen molar-refractivity contribution in [1.29, 1.82) is 0 Å². The first-order chi connectivity index (χ1) is 14.4. The number of ether oxygens (including phenoxy) is 1. The summed E-state index contributed by atoms with van der Waals surface area (Å²) in [7, 11) is 0. The average molecular weight is 429 g/mol. The summed E-state index contributed by atoms with van der Waals surface area (Å²) in [6, 6.07) is 14.4. The molecule has 0 aliphatic heterocycles. The predicted octanol–water partition coefficient (Wildman–Crippen LogP) is 3.32. The molecule has 0 heterocycles. The maximum Gasteiger partial charge on any atom is 0.267 e. The first-order valence-electron chi connectivity index (χ1n) is 9.72. The zero-order chi connectivity index (χ0) is 21.9. The zero-order valence-electron chi connectivity index (χ0n) is 17.5. The third kappa shape index (κ3) is 7.57. The first-order valence-corrected chi connectivity index (χ1v) is 10.9. The van der Waals surface area contributed by atoms with Gasteiger partial charge in [0.15, 0.2) is 0 Å². The van der Waals surface area contributed by atoms with Gasteiger partial charge >= 0.3 is 0 Å². The van der Waals surface area contributed by atoms with E-state index in [1.807, 2.05) is 30.5 Å². The fourth-order valence-electron chi connectivity index (χ4n) is 2.45. The zero-order valence-corrected chi connectivity index (χ0v) is 18.3. The summed E-state index contributed by atoms with van der Waals surface area (Å²) in [5, 5.41) is 14.2. The maximum atomic E-state index is 12.7. The smallest absolute Gasteiger partial charge is 0.267 e. The van der Waals surface area contributed by atoms with Gasteiger partial charge in [-0.1, -0.05) is 26.0 Å². The van der Waals surface area contributed by atoms with E-state index >= 15 is 0 Å². The molecule has 0 radical (unpaired) electrons. The molecule has 0 fully saturated rings. The normalized spacial score (nSPS) is 11.3.